The molecule has 0 aromatic rings. The second-order valence-electron chi connectivity index (χ2n) is 28.6. The summed E-state index contributed by atoms with van der Waals surface area (Å²) < 4.78 is 6.04. The van der Waals surface area contributed by atoms with Gasteiger partial charge in [0.25, 0.3) is 0 Å². The third-order valence-electron chi connectivity index (χ3n) is 17.6. The number of nitrogens with zero attached hydrogens (tertiary/aromatic N) is 7. The largest absolute Gasteiger partial charge is 0.396 e. The summed E-state index contributed by atoms with van der Waals surface area (Å²) in [6.45, 7) is 28.3. The highest BCUT2D eigenvalue weighted by molar-refractivity contribution is 6.00. The number of nitrogens with one attached hydrogen (secondary N) is 4. The van der Waals surface area contributed by atoms with Gasteiger partial charge in [-0.2, -0.15) is 0 Å². The van der Waals surface area contributed by atoms with Crippen LogP contribution in [0, 0.1) is 35.5 Å². The standard InChI is InChI=1S/C68H123N11O15/c1-25-27-31-44(13)56(81)55-60(85)71-47(26-2)62(87)77(22)52(38-94-33-30-28-29-32-80)65(90)76(21)51(37-68(16,17)93)59(84)72-53(42(9)10)66(91)73(18)48(34-39(3)4)58(83)69-45(14)57(82)70-46(15)61(86)74(19)49(35-40(5)6)63(88)75(20)50(36-41(7)8)64(89)78(23)54(43(11)12)67(92)79(55)24/h25,27,39-56,80-81,93H,26,28-38H2,1-24H3,(H,69,83)(H,70,82)(H,71,85)(H,72,84)/t44-,45+,46-,47+,48+,49+,50+,51+,52-,53+,54+,55+,56-/m1/s1. The Hall–Kier alpha value is -6.25. The summed E-state index contributed by atoms with van der Waals surface area (Å²) in [5.41, 5.74) is -1.62. The summed E-state index contributed by atoms with van der Waals surface area (Å²) in [6.07, 6.45) is 3.67. The Bertz CT molecular complexity index is 2540. The number of unbranched alkanes of at least 4 members (excludes halogenated alkanes) is 2. The van der Waals surface area contributed by atoms with Crippen LogP contribution < -0.4 is 21.3 Å². The number of ether oxygens (including phenoxy) is 1. The van der Waals surface area contributed by atoms with Crippen molar-refractivity contribution in [3.8, 4) is 0 Å². The minimum absolute atomic E-state index is 0.0577. The van der Waals surface area contributed by atoms with Gasteiger partial charge < -0.3 is 75.6 Å². The number of hydrogen-bond acceptors (Lipinski definition) is 15. The molecule has 0 unspecified atom stereocenters. The molecular formula is C68H123N11O15. The molecule has 7 N–H and O–H groups in total. The molecule has 1 heterocycles. The molecule has 1 aliphatic rings. The van der Waals surface area contributed by atoms with Crippen LogP contribution in [-0.2, 0) is 57.5 Å². The van der Waals surface area contributed by atoms with Gasteiger partial charge in [0.15, 0.2) is 0 Å². The predicted octanol–water partition coefficient (Wildman–Crippen LogP) is 2.93. The van der Waals surface area contributed by atoms with Crippen molar-refractivity contribution in [1.29, 1.82) is 0 Å². The lowest BCUT2D eigenvalue weighted by atomic mass is 9.91. The normalized spacial score (nSPS) is 26.4. The zero-order valence-corrected chi connectivity index (χ0v) is 61.4. The van der Waals surface area contributed by atoms with Crippen LogP contribution in [0.15, 0.2) is 12.2 Å². The molecule has 540 valence electrons. The van der Waals surface area contributed by atoms with Gasteiger partial charge in [-0.1, -0.05) is 95.2 Å². The van der Waals surface area contributed by atoms with Gasteiger partial charge >= 0.3 is 0 Å². The molecule has 0 aromatic carbocycles. The van der Waals surface area contributed by atoms with Crippen LogP contribution in [0.3, 0.4) is 0 Å². The molecular weight excluding hydrogens is 1210 g/mol. The highest BCUT2D eigenvalue weighted by atomic mass is 16.5. The number of carbonyl (C=O) groups is 11. The molecule has 1 aliphatic heterocycles. The minimum Gasteiger partial charge on any atom is -0.396 e. The van der Waals surface area contributed by atoms with Crippen LogP contribution in [0.4, 0.5) is 0 Å². The van der Waals surface area contributed by atoms with Crippen LogP contribution >= 0.6 is 0 Å². The first-order chi connectivity index (χ1) is 43.5. The van der Waals surface area contributed by atoms with E-state index in [-0.39, 0.29) is 69.5 Å². The van der Waals surface area contributed by atoms with E-state index < -0.39 is 168 Å². The van der Waals surface area contributed by atoms with Gasteiger partial charge in [-0.05, 0) is 121 Å². The Labute approximate surface area is 561 Å². The zero-order valence-electron chi connectivity index (χ0n) is 61.4. The Morgan fingerprint density at radius 2 is 0.947 bits per heavy atom. The number of aliphatic hydroxyl groups excluding tert-OH is 2. The fraction of sp³-hybridized carbons (Fsp3) is 0.809. The monoisotopic (exact) mass is 1330 g/mol. The van der Waals surface area contributed by atoms with Crippen molar-refractivity contribution in [2.75, 3.05) is 69.2 Å². The van der Waals surface area contributed by atoms with Gasteiger partial charge in [0.05, 0.1) is 18.3 Å². The average Bonchev–Trinajstić information content (AvgIpc) is 0.809. The topological polar surface area (TPSA) is 328 Å². The quantitative estimate of drug-likeness (QED) is 0.0606. The van der Waals surface area contributed by atoms with E-state index >= 15 is 28.8 Å². The van der Waals surface area contributed by atoms with Crippen molar-refractivity contribution in [1.82, 2.24) is 55.6 Å². The van der Waals surface area contributed by atoms with Crippen LogP contribution in [0.25, 0.3) is 0 Å². The molecule has 1 saturated heterocycles. The number of carbonyl (C=O) groups excluding carboxylic acids is 11. The van der Waals surface area contributed by atoms with Gasteiger partial charge in [-0.15, -0.1) is 0 Å². The molecule has 0 spiro atoms. The number of hydrogen-bond donors (Lipinski definition) is 7. The first-order valence-corrected chi connectivity index (χ1v) is 33.8. The molecule has 1 rings (SSSR count). The maximum Gasteiger partial charge on any atom is 0.248 e. The summed E-state index contributed by atoms with van der Waals surface area (Å²) in [5, 5.41) is 44.0. The Balaban J connectivity index is 4.56. The first kappa shape index (κ1) is 85.8. The third kappa shape index (κ3) is 25.1. The Kier molecular flexibility index (Phi) is 36.2. The molecule has 0 radical (unpaired) electrons. The van der Waals surface area contributed by atoms with E-state index in [1.54, 1.807) is 60.6 Å². The number of allylic oxidation sites excluding steroid dienone is 2. The molecule has 1 fully saturated rings. The van der Waals surface area contributed by atoms with Gasteiger partial charge in [-0.25, -0.2) is 0 Å². The second kappa shape index (κ2) is 39.7. The van der Waals surface area contributed by atoms with Gasteiger partial charge in [-0.3, -0.25) is 52.7 Å². The lowest BCUT2D eigenvalue weighted by molar-refractivity contribution is -0.157. The molecule has 0 aromatic heterocycles. The SMILES string of the molecule is CC=CC[C@@H](C)[C@@H](O)[C@H]1C(=O)N[C@@H](CC)C(=O)N(C)[C@H](COCCCCCO)C(=O)N(C)[C@@H](CC(C)(C)O)C(=O)N[C@@H](C(C)C)C(=O)N(C)[C@@H](CC(C)C)C(=O)N[C@@H](C)C(=O)N[C@H](C)C(=O)N(C)[C@@H](CC(C)C)C(=O)N(C)[C@@H](CC(C)C)C(=O)N(C)[C@@H](C(C)C)C(=O)N1C. The van der Waals surface area contributed by atoms with Gasteiger partial charge in [0.2, 0.25) is 65.0 Å². The maximum absolute atomic E-state index is 15.3. The first-order valence-electron chi connectivity index (χ1n) is 33.8. The summed E-state index contributed by atoms with van der Waals surface area (Å²) in [5.74, 6) is -10.8. The molecule has 26 nitrogen and oxygen atoms in total. The maximum atomic E-state index is 15.3. The summed E-state index contributed by atoms with van der Waals surface area (Å²) in [6, 6.07) is -14.9. The Morgan fingerprint density at radius 1 is 0.500 bits per heavy atom. The molecule has 94 heavy (non-hydrogen) atoms. The zero-order chi connectivity index (χ0) is 72.7. The van der Waals surface area contributed by atoms with Crippen molar-refractivity contribution in [2.24, 2.45) is 35.5 Å². The molecule has 0 bridgehead atoms. The molecule has 0 aliphatic carbocycles. The molecule has 0 saturated carbocycles. The van der Waals surface area contributed by atoms with Crippen LogP contribution in [0.5, 0.6) is 0 Å². The van der Waals surface area contributed by atoms with Crippen molar-refractivity contribution in [3.63, 3.8) is 0 Å². The summed E-state index contributed by atoms with van der Waals surface area (Å²) in [4.78, 5) is 172. The smallest absolute Gasteiger partial charge is 0.248 e. The lowest BCUT2D eigenvalue weighted by Gasteiger charge is -2.41. The minimum atomic E-state index is -1.69. The third-order valence-corrected chi connectivity index (χ3v) is 17.6. The van der Waals surface area contributed by atoms with Gasteiger partial charge in [0.1, 0.15) is 66.5 Å². The van der Waals surface area contributed by atoms with E-state index in [1.807, 2.05) is 41.5 Å². The number of likely N-dealkylation sites (N-methyl/N-ethyl adjacent to an activating group) is 7. The van der Waals surface area contributed by atoms with Gasteiger partial charge in [0, 0.05) is 69.0 Å². The fourth-order valence-electron chi connectivity index (χ4n) is 11.7. The predicted molar refractivity (Wildman–Crippen MR) is 361 cm³/mol. The summed E-state index contributed by atoms with van der Waals surface area (Å²) >= 11 is 0. The highest BCUT2D eigenvalue weighted by Crippen LogP contribution is 2.26. The van der Waals surface area contributed by atoms with Crippen molar-refractivity contribution in [2.45, 2.75) is 254 Å². The van der Waals surface area contributed by atoms with E-state index in [0.717, 1.165) is 14.7 Å². The van der Waals surface area contributed by atoms with Crippen LogP contribution in [0.1, 0.15) is 175 Å². The van der Waals surface area contributed by atoms with Crippen molar-refractivity contribution >= 4 is 65.0 Å². The van der Waals surface area contributed by atoms with E-state index in [0.29, 0.717) is 19.3 Å². The molecule has 11 amide bonds. The van der Waals surface area contributed by atoms with E-state index in [9.17, 15) is 39.3 Å². The Morgan fingerprint density at radius 3 is 1.43 bits per heavy atom. The van der Waals surface area contributed by atoms with E-state index in [1.165, 1.54) is 96.6 Å². The van der Waals surface area contributed by atoms with E-state index in [2.05, 4.69) is 21.3 Å². The summed E-state index contributed by atoms with van der Waals surface area (Å²) in [7, 11) is 9.64. The number of aliphatic hydroxyl groups is 3. The fourth-order valence-corrected chi connectivity index (χ4v) is 11.7. The number of rotatable bonds is 22. The van der Waals surface area contributed by atoms with Crippen molar-refractivity contribution in [3.05, 3.63) is 12.2 Å². The van der Waals surface area contributed by atoms with Crippen LogP contribution in [0.2, 0.25) is 0 Å². The van der Waals surface area contributed by atoms with E-state index in [4.69, 9.17) is 4.74 Å². The average molecular weight is 1330 g/mol. The molecule has 13 atom stereocenters. The molecule has 26 heteroatoms. The van der Waals surface area contributed by atoms with Crippen molar-refractivity contribution < 1.29 is 72.8 Å². The number of amides is 11. The highest BCUT2D eigenvalue weighted by Gasteiger charge is 2.47. The van der Waals surface area contributed by atoms with Crippen LogP contribution in [-0.4, -0.2) is 262 Å². The lowest BCUT2D eigenvalue weighted by Crippen LogP contribution is -2.64. The second-order valence-corrected chi connectivity index (χ2v) is 28.6.